The number of hydrogen-bond acceptors (Lipinski definition) is 5. The van der Waals surface area contributed by atoms with Crippen molar-refractivity contribution in [2.24, 2.45) is 0 Å². The van der Waals surface area contributed by atoms with E-state index in [0.717, 1.165) is 39.2 Å². The number of carbonyl (C=O) groups is 1. The van der Waals surface area contributed by atoms with Crippen LogP contribution < -0.4 is 10.6 Å². The highest BCUT2D eigenvalue weighted by molar-refractivity contribution is 5.99. The van der Waals surface area contributed by atoms with Gasteiger partial charge in [0.2, 0.25) is 0 Å². The number of pyridine rings is 2. The molecule has 4 N–H and O–H groups in total. The molecular formula is C26H21N9O. The monoisotopic (exact) mass is 475 g/mol. The van der Waals surface area contributed by atoms with Crippen LogP contribution in [0.3, 0.4) is 0 Å². The molecule has 10 heteroatoms. The van der Waals surface area contributed by atoms with Crippen molar-refractivity contribution in [1.29, 1.82) is 0 Å². The maximum Gasteiger partial charge on any atom is 0.324 e. The molecule has 0 bridgehead atoms. The molecule has 176 valence electrons. The van der Waals surface area contributed by atoms with E-state index in [1.807, 2.05) is 60.2 Å². The van der Waals surface area contributed by atoms with Crippen LogP contribution in [0.2, 0.25) is 0 Å². The number of aromatic amines is 2. The summed E-state index contributed by atoms with van der Waals surface area (Å²) in [5.41, 5.74) is 6.06. The first kappa shape index (κ1) is 21.3. The van der Waals surface area contributed by atoms with Gasteiger partial charge in [0.15, 0.2) is 0 Å². The Morgan fingerprint density at radius 2 is 1.86 bits per heavy atom. The van der Waals surface area contributed by atoms with Gasteiger partial charge >= 0.3 is 6.03 Å². The molecule has 6 rings (SSSR count). The Balaban J connectivity index is 1.16. The highest BCUT2D eigenvalue weighted by Crippen LogP contribution is 2.28. The highest BCUT2D eigenvalue weighted by atomic mass is 16.2. The molecule has 0 fully saturated rings. The molecule has 1 aromatic carbocycles. The number of imidazole rings is 1. The molecule has 0 aliphatic heterocycles. The molecular weight excluding hydrogens is 454 g/mol. The first-order valence-electron chi connectivity index (χ1n) is 11.3. The predicted molar refractivity (Wildman–Crippen MR) is 138 cm³/mol. The third-order valence-corrected chi connectivity index (χ3v) is 5.72. The van der Waals surface area contributed by atoms with Crippen LogP contribution in [0, 0.1) is 6.92 Å². The van der Waals surface area contributed by atoms with E-state index in [1.165, 1.54) is 0 Å². The predicted octanol–water partition coefficient (Wildman–Crippen LogP) is 5.15. The summed E-state index contributed by atoms with van der Waals surface area (Å²) in [5, 5.41) is 13.6. The summed E-state index contributed by atoms with van der Waals surface area (Å²) in [6.45, 7) is 1.95. The summed E-state index contributed by atoms with van der Waals surface area (Å²) >= 11 is 0. The zero-order chi connectivity index (χ0) is 24.5. The smallest absolute Gasteiger partial charge is 0.324 e. The Hall–Kier alpha value is -5.25. The van der Waals surface area contributed by atoms with E-state index in [0.29, 0.717) is 17.2 Å². The van der Waals surface area contributed by atoms with Gasteiger partial charge in [-0.25, -0.2) is 14.8 Å². The van der Waals surface area contributed by atoms with Gasteiger partial charge in [-0.3, -0.25) is 20.0 Å². The van der Waals surface area contributed by atoms with Crippen LogP contribution in [0.1, 0.15) is 5.69 Å². The van der Waals surface area contributed by atoms with Gasteiger partial charge in [-0.15, -0.1) is 0 Å². The number of carbonyl (C=O) groups excluding carboxylic acids is 1. The summed E-state index contributed by atoms with van der Waals surface area (Å²) in [7, 11) is 0. The maximum absolute atomic E-state index is 12.5. The Labute approximate surface area is 205 Å². The van der Waals surface area contributed by atoms with Crippen LogP contribution in [-0.4, -0.2) is 40.7 Å². The molecule has 0 saturated heterocycles. The minimum Gasteiger partial charge on any atom is -0.354 e. The van der Waals surface area contributed by atoms with Crippen molar-refractivity contribution in [2.45, 2.75) is 6.92 Å². The Kier molecular flexibility index (Phi) is 5.23. The van der Waals surface area contributed by atoms with Crippen molar-refractivity contribution in [1.82, 2.24) is 34.7 Å². The van der Waals surface area contributed by atoms with Crippen molar-refractivity contribution in [3.8, 4) is 28.3 Å². The Morgan fingerprint density at radius 1 is 0.972 bits per heavy atom. The van der Waals surface area contributed by atoms with Crippen LogP contribution in [0.25, 0.3) is 39.2 Å². The minimum absolute atomic E-state index is 0.374. The number of nitrogens with one attached hydrogen (secondary N) is 4. The molecule has 5 heterocycles. The quantitative estimate of drug-likeness (QED) is 0.274. The molecule has 0 atom stereocenters. The topological polar surface area (TPSA) is 129 Å². The van der Waals surface area contributed by atoms with Gasteiger partial charge in [0.05, 0.1) is 16.9 Å². The fraction of sp³-hybridized carbons (Fsp3) is 0.0385. The molecule has 0 spiro atoms. The van der Waals surface area contributed by atoms with Crippen LogP contribution in [-0.2, 0) is 0 Å². The van der Waals surface area contributed by atoms with Crippen LogP contribution in [0.15, 0.2) is 85.7 Å². The van der Waals surface area contributed by atoms with Crippen LogP contribution in [0.5, 0.6) is 0 Å². The number of urea groups is 1. The fourth-order valence-electron chi connectivity index (χ4n) is 4.00. The van der Waals surface area contributed by atoms with Crippen molar-refractivity contribution in [3.63, 3.8) is 0 Å². The molecule has 2 amide bonds. The van der Waals surface area contributed by atoms with Crippen molar-refractivity contribution in [2.75, 3.05) is 10.6 Å². The van der Waals surface area contributed by atoms with E-state index in [4.69, 9.17) is 0 Å². The minimum atomic E-state index is -0.374. The van der Waals surface area contributed by atoms with Gasteiger partial charge in [-0.2, -0.15) is 5.10 Å². The number of aryl methyl sites for hydroxylation is 1. The van der Waals surface area contributed by atoms with E-state index in [1.54, 1.807) is 31.0 Å². The number of rotatable bonds is 5. The maximum atomic E-state index is 12.5. The lowest BCUT2D eigenvalue weighted by Crippen LogP contribution is -2.19. The molecule has 0 aliphatic rings. The van der Waals surface area contributed by atoms with E-state index in [2.05, 4.69) is 46.8 Å². The van der Waals surface area contributed by atoms with Crippen molar-refractivity contribution in [3.05, 3.63) is 91.4 Å². The van der Waals surface area contributed by atoms with Crippen LogP contribution in [0.4, 0.5) is 16.3 Å². The SMILES string of the molecule is Cc1cn(-c2nccc3[nH]c(-c4ccc(NC(=O)Nc5cc(-c6cccnc6)n[nH]5)cc4)cc23)cn1. The van der Waals surface area contributed by atoms with Crippen molar-refractivity contribution >= 4 is 28.4 Å². The number of benzene rings is 1. The van der Waals surface area contributed by atoms with Gasteiger partial charge in [-0.05, 0) is 48.9 Å². The van der Waals surface area contributed by atoms with Gasteiger partial charge in [0.1, 0.15) is 18.0 Å². The molecule has 0 radical (unpaired) electrons. The van der Waals surface area contributed by atoms with Gasteiger partial charge in [0.25, 0.3) is 0 Å². The number of anilines is 2. The molecule has 0 unspecified atom stereocenters. The number of amides is 2. The van der Waals surface area contributed by atoms with Crippen LogP contribution >= 0.6 is 0 Å². The van der Waals surface area contributed by atoms with Gasteiger partial charge in [0, 0.05) is 53.2 Å². The molecule has 5 aromatic heterocycles. The lowest BCUT2D eigenvalue weighted by Gasteiger charge is -2.06. The fourth-order valence-corrected chi connectivity index (χ4v) is 4.00. The summed E-state index contributed by atoms with van der Waals surface area (Å²) in [6.07, 6.45) is 8.90. The summed E-state index contributed by atoms with van der Waals surface area (Å²) in [5.74, 6) is 1.30. The number of nitrogens with zero attached hydrogens (tertiary/aromatic N) is 5. The molecule has 0 aliphatic carbocycles. The molecule has 0 saturated carbocycles. The number of hydrogen-bond donors (Lipinski definition) is 4. The lowest BCUT2D eigenvalue weighted by molar-refractivity contribution is 0.262. The first-order valence-corrected chi connectivity index (χ1v) is 11.3. The summed E-state index contributed by atoms with van der Waals surface area (Å²) in [6, 6.07) is 16.7. The summed E-state index contributed by atoms with van der Waals surface area (Å²) < 4.78 is 1.92. The standard InChI is InChI=1S/C26H21N9O/c1-16-14-35(15-29-16)25-20-11-22(31-21(20)8-10-28-25)17-4-6-19(7-5-17)30-26(36)32-24-12-23(33-34-24)18-3-2-9-27-13-18/h2-15,31H,1H3,(H3,30,32,33,34,36). The zero-order valence-electron chi connectivity index (χ0n) is 19.2. The third kappa shape index (κ3) is 4.18. The second-order valence-corrected chi connectivity index (χ2v) is 8.27. The van der Waals surface area contributed by atoms with Gasteiger partial charge in [-0.1, -0.05) is 12.1 Å². The summed E-state index contributed by atoms with van der Waals surface area (Å²) in [4.78, 5) is 28.8. The average Bonchev–Trinajstić information content (AvgIpc) is 3.64. The van der Waals surface area contributed by atoms with Crippen molar-refractivity contribution < 1.29 is 4.79 Å². The second-order valence-electron chi connectivity index (χ2n) is 8.27. The van der Waals surface area contributed by atoms with Gasteiger partial charge < -0.3 is 10.3 Å². The van der Waals surface area contributed by atoms with E-state index in [9.17, 15) is 4.79 Å². The number of aromatic nitrogens is 7. The normalized spacial score (nSPS) is 11.0. The third-order valence-electron chi connectivity index (χ3n) is 5.72. The largest absolute Gasteiger partial charge is 0.354 e. The average molecular weight is 476 g/mol. The Morgan fingerprint density at radius 3 is 2.64 bits per heavy atom. The number of H-pyrrole nitrogens is 2. The molecule has 6 aromatic rings. The van der Waals surface area contributed by atoms with E-state index in [-0.39, 0.29) is 6.03 Å². The first-order chi connectivity index (χ1) is 17.6. The second kappa shape index (κ2) is 8.84. The lowest BCUT2D eigenvalue weighted by atomic mass is 10.1. The molecule has 10 nitrogen and oxygen atoms in total. The molecule has 36 heavy (non-hydrogen) atoms. The Bertz CT molecular complexity index is 1660. The van der Waals surface area contributed by atoms with E-state index >= 15 is 0 Å². The number of fused-ring (bicyclic) bond motifs is 1. The highest BCUT2D eigenvalue weighted by Gasteiger charge is 2.11. The van der Waals surface area contributed by atoms with E-state index < -0.39 is 0 Å². The zero-order valence-corrected chi connectivity index (χ0v) is 19.2.